The lowest BCUT2D eigenvalue weighted by Gasteiger charge is -2.23. The molecular weight excluding hydrogens is 579 g/mol. The van der Waals surface area contributed by atoms with Gasteiger partial charge in [-0.2, -0.15) is 4.31 Å². The van der Waals surface area contributed by atoms with E-state index >= 15 is 0 Å². The molecule has 0 saturated carbocycles. The number of aryl methyl sites for hydroxylation is 1. The minimum Gasteiger partial charge on any atom is -0.362 e. The van der Waals surface area contributed by atoms with Crippen LogP contribution >= 0.6 is 0 Å². The van der Waals surface area contributed by atoms with Gasteiger partial charge in [-0.25, -0.2) is 26.6 Å². The molecule has 4 aromatic rings. The Morgan fingerprint density at radius 2 is 1.79 bits per heavy atom. The number of hydrogen-bond donors (Lipinski definition) is 2. The first kappa shape index (κ1) is 30.2. The van der Waals surface area contributed by atoms with Crippen LogP contribution in [0.1, 0.15) is 36.2 Å². The second kappa shape index (κ2) is 12.1. The molecule has 2 atom stereocenters. The average molecular weight is 610 g/mol. The summed E-state index contributed by atoms with van der Waals surface area (Å²) in [5.41, 5.74) is 3.94. The summed E-state index contributed by atoms with van der Waals surface area (Å²) in [5.74, 6) is -4.45. The topological polar surface area (TPSA) is 104 Å². The third kappa shape index (κ3) is 7.03. The van der Waals surface area contributed by atoms with E-state index in [2.05, 4.69) is 15.6 Å². The Balaban J connectivity index is 1.39. The Hall–Kier alpha value is -4.29. The Morgan fingerprint density at radius 3 is 2.47 bits per heavy atom. The summed E-state index contributed by atoms with van der Waals surface area (Å²) in [6.07, 6.45) is 0.718. The van der Waals surface area contributed by atoms with Crippen LogP contribution < -0.4 is 10.6 Å². The van der Waals surface area contributed by atoms with Gasteiger partial charge in [-0.1, -0.05) is 35.9 Å². The minimum atomic E-state index is -4.50. The molecule has 224 valence electrons. The molecule has 12 heteroatoms. The van der Waals surface area contributed by atoms with Crippen molar-refractivity contribution >= 4 is 21.7 Å². The van der Waals surface area contributed by atoms with E-state index in [1.54, 1.807) is 18.3 Å². The molecule has 1 fully saturated rings. The van der Waals surface area contributed by atoms with Crippen LogP contribution in [0.5, 0.6) is 0 Å². The molecule has 2 N–H and O–H groups in total. The average Bonchev–Trinajstić information content (AvgIpc) is 3.33. The van der Waals surface area contributed by atoms with Gasteiger partial charge in [0.1, 0.15) is 17.7 Å². The summed E-state index contributed by atoms with van der Waals surface area (Å²) in [6, 6.07) is 18.8. The van der Waals surface area contributed by atoms with E-state index in [0.29, 0.717) is 21.4 Å². The Morgan fingerprint density at radius 1 is 1.07 bits per heavy atom. The first-order chi connectivity index (χ1) is 20.4. The molecule has 3 heterocycles. The van der Waals surface area contributed by atoms with Crippen LogP contribution in [0.15, 0.2) is 90.0 Å². The lowest BCUT2D eigenvalue weighted by molar-refractivity contribution is -0.124. The van der Waals surface area contributed by atoms with E-state index in [1.807, 2.05) is 56.3 Å². The van der Waals surface area contributed by atoms with Crippen LogP contribution in [0.2, 0.25) is 0 Å². The highest BCUT2D eigenvalue weighted by Gasteiger charge is 2.52. The maximum atomic E-state index is 14.5. The van der Waals surface area contributed by atoms with Gasteiger partial charge in [0.25, 0.3) is 5.92 Å². The summed E-state index contributed by atoms with van der Waals surface area (Å²) < 4.78 is 69.2. The van der Waals surface area contributed by atoms with Crippen LogP contribution in [-0.4, -0.2) is 47.1 Å². The summed E-state index contributed by atoms with van der Waals surface area (Å²) in [6.45, 7) is 2.67. The van der Waals surface area contributed by atoms with Gasteiger partial charge in [-0.3, -0.25) is 9.78 Å². The standard InChI is InChI=1S/C31H30F3N5O3S/c1-20-6-8-23(9-7-20)27-15-22(16-29(38-27)37-21(2)26-5-3-4-14-35-26)18-36-30(40)28-17-31(33,34)19-39(28)43(41,42)25-12-10-24(32)11-13-25/h3-16,21,28H,17-19H2,1-2H3,(H,36,40)(H,37,38)/t21?,28-/m0/s1. The molecule has 1 amide bonds. The second-order valence-corrected chi connectivity index (χ2v) is 12.4. The van der Waals surface area contributed by atoms with Gasteiger partial charge in [0, 0.05) is 24.7 Å². The van der Waals surface area contributed by atoms with E-state index in [0.717, 1.165) is 41.1 Å². The van der Waals surface area contributed by atoms with E-state index < -0.39 is 46.7 Å². The van der Waals surface area contributed by atoms with Crippen molar-refractivity contribution in [1.82, 2.24) is 19.6 Å². The predicted octanol–water partition coefficient (Wildman–Crippen LogP) is 5.48. The maximum Gasteiger partial charge on any atom is 0.263 e. The quantitative estimate of drug-likeness (QED) is 0.261. The Labute approximate surface area is 248 Å². The second-order valence-electron chi connectivity index (χ2n) is 10.5. The van der Waals surface area contributed by atoms with Crippen LogP contribution in [-0.2, 0) is 21.4 Å². The first-order valence-electron chi connectivity index (χ1n) is 13.6. The fourth-order valence-corrected chi connectivity index (χ4v) is 6.49. The van der Waals surface area contributed by atoms with Crippen molar-refractivity contribution < 1.29 is 26.4 Å². The van der Waals surface area contributed by atoms with Gasteiger partial charge < -0.3 is 10.6 Å². The van der Waals surface area contributed by atoms with E-state index in [4.69, 9.17) is 4.98 Å². The smallest absolute Gasteiger partial charge is 0.263 e. The summed E-state index contributed by atoms with van der Waals surface area (Å²) in [7, 11) is -4.50. The first-order valence-corrected chi connectivity index (χ1v) is 15.0. The molecular formula is C31H30F3N5O3S. The van der Waals surface area contributed by atoms with Crippen molar-refractivity contribution in [2.45, 2.75) is 49.7 Å². The number of rotatable bonds is 9. The van der Waals surface area contributed by atoms with E-state index in [1.165, 1.54) is 0 Å². The molecule has 0 spiro atoms. The van der Waals surface area contributed by atoms with Gasteiger partial charge in [-0.15, -0.1) is 0 Å². The molecule has 43 heavy (non-hydrogen) atoms. The number of anilines is 1. The molecule has 8 nitrogen and oxygen atoms in total. The number of carbonyl (C=O) groups is 1. The van der Waals surface area contributed by atoms with Gasteiger partial charge in [0.15, 0.2) is 0 Å². The zero-order valence-electron chi connectivity index (χ0n) is 23.5. The molecule has 0 bridgehead atoms. The van der Waals surface area contributed by atoms with Crippen LogP contribution in [0.4, 0.5) is 19.0 Å². The highest BCUT2D eigenvalue weighted by molar-refractivity contribution is 7.89. The molecule has 1 aliphatic rings. The molecule has 1 aliphatic heterocycles. The summed E-state index contributed by atoms with van der Waals surface area (Å²) in [5, 5.41) is 5.96. The third-order valence-corrected chi connectivity index (χ3v) is 9.01. The zero-order chi connectivity index (χ0) is 30.8. The largest absolute Gasteiger partial charge is 0.362 e. The number of sulfonamides is 1. The number of pyridine rings is 2. The fourth-order valence-electron chi connectivity index (χ4n) is 4.88. The lowest BCUT2D eigenvalue weighted by Crippen LogP contribution is -2.45. The number of aromatic nitrogens is 2. The predicted molar refractivity (Wildman–Crippen MR) is 156 cm³/mol. The number of nitrogens with zero attached hydrogens (tertiary/aromatic N) is 3. The number of hydrogen-bond acceptors (Lipinski definition) is 6. The number of nitrogens with one attached hydrogen (secondary N) is 2. The monoisotopic (exact) mass is 609 g/mol. The van der Waals surface area contributed by atoms with Crippen molar-refractivity contribution in [3.8, 4) is 11.3 Å². The van der Waals surface area contributed by atoms with Crippen LogP contribution in [0.3, 0.4) is 0 Å². The van der Waals surface area contributed by atoms with Crippen molar-refractivity contribution in [3.63, 3.8) is 0 Å². The number of carbonyl (C=O) groups excluding carboxylic acids is 1. The molecule has 2 aromatic carbocycles. The van der Waals surface area contributed by atoms with Crippen molar-refractivity contribution in [3.05, 3.63) is 108 Å². The normalized spacial score (nSPS) is 17.4. The van der Waals surface area contributed by atoms with Crippen molar-refractivity contribution in [1.29, 1.82) is 0 Å². The number of halogens is 3. The van der Waals surface area contributed by atoms with E-state index in [-0.39, 0.29) is 17.5 Å². The van der Waals surface area contributed by atoms with Crippen LogP contribution in [0.25, 0.3) is 11.3 Å². The third-order valence-electron chi connectivity index (χ3n) is 7.14. The van der Waals surface area contributed by atoms with Gasteiger partial charge in [0.05, 0.1) is 28.9 Å². The van der Waals surface area contributed by atoms with Crippen LogP contribution in [0, 0.1) is 12.7 Å². The molecule has 1 unspecified atom stereocenters. The molecule has 0 radical (unpaired) electrons. The van der Waals surface area contributed by atoms with Crippen molar-refractivity contribution in [2.75, 3.05) is 11.9 Å². The maximum absolute atomic E-state index is 14.5. The Bertz CT molecular complexity index is 1700. The molecule has 0 aliphatic carbocycles. The fraction of sp³-hybridized carbons (Fsp3) is 0.258. The minimum absolute atomic E-state index is 0.0701. The summed E-state index contributed by atoms with van der Waals surface area (Å²) >= 11 is 0. The van der Waals surface area contributed by atoms with E-state index in [9.17, 15) is 26.4 Å². The number of benzene rings is 2. The highest BCUT2D eigenvalue weighted by atomic mass is 32.2. The van der Waals surface area contributed by atoms with Gasteiger partial charge in [-0.05, 0) is 67.9 Å². The highest BCUT2D eigenvalue weighted by Crippen LogP contribution is 2.36. The van der Waals surface area contributed by atoms with Crippen molar-refractivity contribution in [2.24, 2.45) is 0 Å². The van der Waals surface area contributed by atoms with Gasteiger partial charge in [0.2, 0.25) is 15.9 Å². The molecule has 2 aromatic heterocycles. The zero-order valence-corrected chi connectivity index (χ0v) is 24.3. The SMILES string of the molecule is Cc1ccc(-c2cc(CNC(=O)[C@@H]3CC(F)(F)CN3S(=O)(=O)c3ccc(F)cc3)cc(NC(C)c3ccccn3)n2)cc1. The number of alkyl halides is 2. The molecule has 1 saturated heterocycles. The molecule has 5 rings (SSSR count). The lowest BCUT2D eigenvalue weighted by atomic mass is 10.1. The van der Waals surface area contributed by atoms with Gasteiger partial charge >= 0.3 is 0 Å². The summed E-state index contributed by atoms with van der Waals surface area (Å²) in [4.78, 5) is 22.0. The number of amides is 1. The Kier molecular flexibility index (Phi) is 8.52.